The van der Waals surface area contributed by atoms with E-state index in [1.807, 2.05) is 50.2 Å². The Labute approximate surface area is 351 Å². The molecule has 4 rings (SSSR count). The Morgan fingerprint density at radius 3 is 1.26 bits per heavy atom. The van der Waals surface area contributed by atoms with Gasteiger partial charge in [0.25, 0.3) is 0 Å². The summed E-state index contributed by atoms with van der Waals surface area (Å²) >= 11 is 0. The third kappa shape index (κ3) is 16.2. The zero-order valence-corrected chi connectivity index (χ0v) is 35.6. The first-order valence-corrected chi connectivity index (χ1v) is 19.6. The standard InChI is InChI=1S/C24H32N2.2C11H14O4.Pd/c1-3-5-7-14-20-24(26-22-17-12-9-13-18-22)23(19-6-4-2)25-21-15-10-8-11-16-21;2*1-3-4-7-6(2)5-8(12)10(13)9(7)11(14)15;/h8-13,15-18H,3-7,14,19-20H2,1-2H3;2*5,12-13H,3-4H2,1-2H3,(H,14,15);/q;;;+2/p-2. The predicted octanol–water partition coefficient (Wildman–Crippen LogP) is 10.5. The number of phenols is 2. The van der Waals surface area contributed by atoms with Crippen LogP contribution >= 0.6 is 0 Å². The second-order valence-electron chi connectivity index (χ2n) is 13.6. The summed E-state index contributed by atoms with van der Waals surface area (Å²) in [5.41, 5.74) is 6.09. The molecule has 0 aliphatic rings. The normalized spacial score (nSPS) is 11.1. The second-order valence-corrected chi connectivity index (χ2v) is 13.6. The van der Waals surface area contributed by atoms with Crippen molar-refractivity contribution in [2.24, 2.45) is 9.98 Å². The van der Waals surface area contributed by atoms with Crippen LogP contribution in [0.3, 0.4) is 0 Å². The molecule has 10 nitrogen and oxygen atoms in total. The van der Waals surface area contributed by atoms with Gasteiger partial charge < -0.3 is 30.6 Å². The van der Waals surface area contributed by atoms with Crippen molar-refractivity contribution >= 4 is 34.7 Å². The summed E-state index contributed by atoms with van der Waals surface area (Å²) in [5.74, 6) is -5.13. The average molecular weight is 873 g/mol. The Balaban J connectivity index is 0.000000452. The number of aromatic hydroxyl groups is 2. The van der Waals surface area contributed by atoms with Gasteiger partial charge in [-0.25, -0.2) is 9.59 Å². The molecule has 0 unspecified atom stereocenters. The number of carboxylic acid groups (broad SMARTS) is 2. The maximum Gasteiger partial charge on any atom is 2.00 e. The predicted molar refractivity (Wildman–Crippen MR) is 222 cm³/mol. The zero-order chi connectivity index (χ0) is 41.6. The van der Waals surface area contributed by atoms with Crippen LogP contribution in [-0.2, 0) is 33.3 Å². The van der Waals surface area contributed by atoms with Gasteiger partial charge in [-0.05, 0) is 111 Å². The van der Waals surface area contributed by atoms with Gasteiger partial charge >= 0.3 is 32.4 Å². The number of hydrogen-bond donors (Lipinski definition) is 4. The van der Waals surface area contributed by atoms with E-state index >= 15 is 0 Å². The van der Waals surface area contributed by atoms with Crippen LogP contribution in [0.2, 0.25) is 0 Å². The number of unbranched alkanes of at least 4 members (excludes halogenated alkanes) is 4. The Bertz CT molecular complexity index is 1830. The summed E-state index contributed by atoms with van der Waals surface area (Å²) in [4.78, 5) is 31.8. The maximum atomic E-state index is 11.4. The number of carboxylic acids is 2. The van der Waals surface area contributed by atoms with Crippen LogP contribution in [0.5, 0.6) is 23.0 Å². The zero-order valence-electron chi connectivity index (χ0n) is 34.0. The maximum absolute atomic E-state index is 11.4. The third-order valence-corrected chi connectivity index (χ3v) is 9.02. The van der Waals surface area contributed by atoms with Gasteiger partial charge in [0.1, 0.15) is 11.5 Å². The largest absolute Gasteiger partial charge is 2.00 e. The van der Waals surface area contributed by atoms with Gasteiger partial charge in [0, 0.05) is 0 Å². The monoisotopic (exact) mass is 872 g/mol. The molecule has 310 valence electrons. The van der Waals surface area contributed by atoms with Gasteiger partial charge in [-0.2, -0.15) is 0 Å². The number of para-hydroxylation sites is 2. The molecule has 0 spiro atoms. The minimum atomic E-state index is -1.28. The molecular weight excluding hydrogens is 815 g/mol. The van der Waals surface area contributed by atoms with Gasteiger partial charge in [-0.1, -0.05) is 114 Å². The molecule has 0 saturated carbocycles. The average Bonchev–Trinajstić information content (AvgIpc) is 3.17. The van der Waals surface area contributed by atoms with Gasteiger partial charge in [-0.15, -0.1) is 0 Å². The number of phenolic OH excluding ortho intramolecular Hbond substituents is 2. The number of rotatable bonds is 17. The van der Waals surface area contributed by atoms with Crippen molar-refractivity contribution in [2.75, 3.05) is 0 Å². The quantitative estimate of drug-likeness (QED) is 0.0458. The van der Waals surface area contributed by atoms with E-state index in [1.165, 1.54) is 44.2 Å². The van der Waals surface area contributed by atoms with Crippen LogP contribution in [0, 0.1) is 13.8 Å². The molecule has 4 aromatic rings. The van der Waals surface area contributed by atoms with E-state index in [4.69, 9.17) is 20.2 Å². The number of hydrogen-bond acceptors (Lipinski definition) is 8. The molecule has 57 heavy (non-hydrogen) atoms. The van der Waals surface area contributed by atoms with Crippen molar-refractivity contribution in [1.29, 1.82) is 0 Å². The van der Waals surface area contributed by atoms with E-state index < -0.39 is 34.9 Å². The second kappa shape index (κ2) is 26.8. The van der Waals surface area contributed by atoms with E-state index in [2.05, 4.69) is 38.1 Å². The van der Waals surface area contributed by atoms with Crippen LogP contribution in [0.25, 0.3) is 0 Å². The summed E-state index contributed by atoms with van der Waals surface area (Å²) in [6, 6.07) is 23.2. The smallest absolute Gasteiger partial charge is 0.869 e. The summed E-state index contributed by atoms with van der Waals surface area (Å²) in [5, 5.41) is 59.2. The Morgan fingerprint density at radius 1 is 0.561 bits per heavy atom. The molecule has 0 saturated heterocycles. The summed E-state index contributed by atoms with van der Waals surface area (Å²) < 4.78 is 0. The summed E-state index contributed by atoms with van der Waals surface area (Å²) in [7, 11) is 0. The summed E-state index contributed by atoms with van der Waals surface area (Å²) in [6.07, 6.45) is 11.9. The van der Waals surface area contributed by atoms with Crippen molar-refractivity contribution < 1.29 is 60.7 Å². The van der Waals surface area contributed by atoms with E-state index in [-0.39, 0.29) is 31.5 Å². The van der Waals surface area contributed by atoms with Gasteiger partial charge in [0.05, 0.1) is 33.9 Å². The number of nitrogens with zero attached hydrogens (tertiary/aromatic N) is 2. The van der Waals surface area contributed by atoms with Crippen LogP contribution in [0.4, 0.5) is 11.4 Å². The van der Waals surface area contributed by atoms with E-state index in [0.717, 1.165) is 54.9 Å². The molecule has 0 aliphatic carbocycles. The van der Waals surface area contributed by atoms with Crippen LogP contribution in [0.15, 0.2) is 82.8 Å². The SMILES string of the molecule is CCCCCCC(=Nc1ccccc1)C(CCCC)=Nc1ccccc1.CCCc1c(C)cc(O)c([O-])c1C(=O)O.CCCc1c(C)cc(O)c([O-])c1C(=O)O.[Pd+2]. The fourth-order valence-corrected chi connectivity index (χ4v) is 6.15. The molecule has 0 aromatic heterocycles. The molecule has 4 N–H and O–H groups in total. The van der Waals surface area contributed by atoms with Crippen molar-refractivity contribution in [3.8, 4) is 23.0 Å². The molecule has 11 heteroatoms. The first kappa shape index (κ1) is 50.0. The van der Waals surface area contributed by atoms with E-state index in [9.17, 15) is 30.0 Å². The number of aromatic carboxylic acids is 2. The first-order valence-electron chi connectivity index (χ1n) is 19.6. The first-order chi connectivity index (χ1) is 26.8. The van der Waals surface area contributed by atoms with E-state index in [0.29, 0.717) is 35.1 Å². The van der Waals surface area contributed by atoms with Crippen molar-refractivity contribution in [1.82, 2.24) is 0 Å². The fourth-order valence-electron chi connectivity index (χ4n) is 6.15. The van der Waals surface area contributed by atoms with Crippen molar-refractivity contribution in [3.63, 3.8) is 0 Å². The molecule has 0 fully saturated rings. The number of aliphatic imine (C=N–C) groups is 2. The molecule has 0 bridgehead atoms. The Kier molecular flexibility index (Phi) is 23.5. The molecule has 0 aliphatic heterocycles. The number of aryl methyl sites for hydroxylation is 2. The molecule has 0 amide bonds. The molecule has 4 aromatic carbocycles. The molecular formula is C46H58N2O8Pd. The molecule has 0 atom stereocenters. The third-order valence-electron chi connectivity index (χ3n) is 9.02. The molecule has 0 heterocycles. The van der Waals surface area contributed by atoms with Crippen LogP contribution in [0.1, 0.15) is 135 Å². The topological polar surface area (TPSA) is 186 Å². The Morgan fingerprint density at radius 2 is 0.930 bits per heavy atom. The van der Waals surface area contributed by atoms with E-state index in [1.54, 1.807) is 13.8 Å². The minimum Gasteiger partial charge on any atom is -0.869 e. The van der Waals surface area contributed by atoms with Crippen molar-refractivity contribution in [3.05, 3.63) is 106 Å². The van der Waals surface area contributed by atoms with Gasteiger partial charge in [-0.3, -0.25) is 9.98 Å². The molecule has 0 radical (unpaired) electrons. The fraction of sp³-hybridized carbons (Fsp3) is 0.391. The Hall–Kier alpha value is -4.98. The van der Waals surface area contributed by atoms with Gasteiger partial charge in [0.2, 0.25) is 0 Å². The van der Waals surface area contributed by atoms with Crippen molar-refractivity contribution in [2.45, 2.75) is 119 Å². The number of benzene rings is 4. The number of carbonyl (C=O) groups is 2. The van der Waals surface area contributed by atoms with Crippen LogP contribution < -0.4 is 10.2 Å². The summed E-state index contributed by atoms with van der Waals surface area (Å²) in [6.45, 7) is 11.7. The van der Waals surface area contributed by atoms with Gasteiger partial charge in [0.15, 0.2) is 0 Å². The minimum absolute atomic E-state index is 0. The van der Waals surface area contributed by atoms with Crippen LogP contribution in [-0.4, -0.2) is 43.8 Å².